The Morgan fingerprint density at radius 3 is 2.72 bits per heavy atom. The molecule has 0 spiro atoms. The van der Waals surface area contributed by atoms with Gasteiger partial charge in [-0.3, -0.25) is 9.48 Å². The molecule has 0 N–H and O–H groups in total. The SMILES string of the molecule is Cc1ccc(C)c(CC(=O)Cc2cnn(C)c2)c1. The highest BCUT2D eigenvalue weighted by Gasteiger charge is 2.08. The summed E-state index contributed by atoms with van der Waals surface area (Å²) in [4.78, 5) is 12.0. The Morgan fingerprint density at radius 2 is 2.06 bits per heavy atom. The van der Waals surface area contributed by atoms with Gasteiger partial charge in [0.25, 0.3) is 0 Å². The predicted molar refractivity (Wildman–Crippen MR) is 71.5 cm³/mol. The lowest BCUT2D eigenvalue weighted by Gasteiger charge is -2.06. The molecule has 94 valence electrons. The topological polar surface area (TPSA) is 34.9 Å². The van der Waals surface area contributed by atoms with Crippen molar-refractivity contribution in [2.45, 2.75) is 26.7 Å². The monoisotopic (exact) mass is 242 g/mol. The van der Waals surface area contributed by atoms with Crippen LogP contribution in [0.1, 0.15) is 22.3 Å². The molecule has 1 aromatic carbocycles. The second-order valence-corrected chi connectivity index (χ2v) is 4.84. The molecule has 1 heterocycles. The molecule has 18 heavy (non-hydrogen) atoms. The lowest BCUT2D eigenvalue weighted by Crippen LogP contribution is -2.07. The molecule has 0 amide bonds. The highest BCUT2D eigenvalue weighted by atomic mass is 16.1. The van der Waals surface area contributed by atoms with Crippen LogP contribution in [0.5, 0.6) is 0 Å². The molecule has 3 heteroatoms. The minimum atomic E-state index is 0.233. The van der Waals surface area contributed by atoms with Crippen molar-refractivity contribution >= 4 is 5.78 Å². The summed E-state index contributed by atoms with van der Waals surface area (Å²) < 4.78 is 1.72. The molecule has 3 nitrogen and oxygen atoms in total. The molecule has 0 atom stereocenters. The standard InChI is InChI=1S/C15H18N2O/c1-11-4-5-12(2)14(6-11)8-15(18)7-13-9-16-17(3)10-13/h4-6,9-10H,7-8H2,1-3H3. The van der Waals surface area contributed by atoms with Gasteiger partial charge >= 0.3 is 0 Å². The fourth-order valence-corrected chi connectivity index (χ4v) is 2.06. The summed E-state index contributed by atoms with van der Waals surface area (Å²) in [6, 6.07) is 6.24. The zero-order chi connectivity index (χ0) is 13.1. The van der Waals surface area contributed by atoms with Crippen LogP contribution in [0.3, 0.4) is 0 Å². The number of carbonyl (C=O) groups excluding carboxylic acids is 1. The van der Waals surface area contributed by atoms with Crippen LogP contribution in [0, 0.1) is 13.8 Å². The Bertz CT molecular complexity index is 570. The Kier molecular flexibility index (Phi) is 3.60. The normalized spacial score (nSPS) is 10.6. The van der Waals surface area contributed by atoms with Gasteiger partial charge in [-0.1, -0.05) is 23.8 Å². The number of ketones is 1. The van der Waals surface area contributed by atoms with Gasteiger partial charge in [0.15, 0.2) is 0 Å². The number of aryl methyl sites for hydroxylation is 3. The molecular weight excluding hydrogens is 224 g/mol. The Hall–Kier alpha value is -1.90. The zero-order valence-electron chi connectivity index (χ0n) is 11.1. The van der Waals surface area contributed by atoms with Gasteiger partial charge in [-0.15, -0.1) is 0 Å². The van der Waals surface area contributed by atoms with Crippen molar-refractivity contribution in [1.82, 2.24) is 9.78 Å². The van der Waals surface area contributed by atoms with Crippen LogP contribution in [0.15, 0.2) is 30.6 Å². The molecule has 2 aromatic rings. The van der Waals surface area contributed by atoms with Gasteiger partial charge in [-0.05, 0) is 30.5 Å². The van der Waals surface area contributed by atoms with E-state index in [4.69, 9.17) is 0 Å². The van der Waals surface area contributed by atoms with Crippen molar-refractivity contribution < 1.29 is 4.79 Å². The van der Waals surface area contributed by atoms with Crippen LogP contribution in [-0.2, 0) is 24.7 Å². The first-order valence-electron chi connectivity index (χ1n) is 6.10. The van der Waals surface area contributed by atoms with Crippen LogP contribution in [0.4, 0.5) is 0 Å². The molecule has 0 aliphatic rings. The van der Waals surface area contributed by atoms with Crippen LogP contribution in [-0.4, -0.2) is 15.6 Å². The van der Waals surface area contributed by atoms with Gasteiger partial charge in [0.1, 0.15) is 5.78 Å². The van der Waals surface area contributed by atoms with E-state index in [1.54, 1.807) is 10.9 Å². The van der Waals surface area contributed by atoms with E-state index in [9.17, 15) is 4.79 Å². The first kappa shape index (κ1) is 12.6. The molecule has 2 rings (SSSR count). The number of Topliss-reactive ketones (excluding diaryl/α,β-unsaturated/α-hetero) is 1. The second kappa shape index (κ2) is 5.17. The summed E-state index contributed by atoms with van der Waals surface area (Å²) >= 11 is 0. The summed E-state index contributed by atoms with van der Waals surface area (Å²) in [5, 5.41) is 4.07. The van der Waals surface area contributed by atoms with E-state index in [0.29, 0.717) is 12.8 Å². The third kappa shape index (κ3) is 3.06. The van der Waals surface area contributed by atoms with E-state index in [1.165, 1.54) is 11.1 Å². The van der Waals surface area contributed by atoms with E-state index < -0.39 is 0 Å². The van der Waals surface area contributed by atoms with Crippen molar-refractivity contribution in [3.8, 4) is 0 Å². The van der Waals surface area contributed by atoms with E-state index >= 15 is 0 Å². The fraction of sp³-hybridized carbons (Fsp3) is 0.333. The molecular formula is C15H18N2O. The second-order valence-electron chi connectivity index (χ2n) is 4.84. The Labute approximate surface area is 107 Å². The van der Waals surface area contributed by atoms with Gasteiger partial charge in [0.05, 0.1) is 6.20 Å². The lowest BCUT2D eigenvalue weighted by molar-refractivity contribution is -0.117. The average Bonchev–Trinajstić information content (AvgIpc) is 2.69. The van der Waals surface area contributed by atoms with Gasteiger partial charge in [0, 0.05) is 26.1 Å². The Balaban J connectivity index is 2.05. The maximum Gasteiger partial charge on any atom is 0.141 e. The van der Waals surface area contributed by atoms with Gasteiger partial charge in [-0.25, -0.2) is 0 Å². The Morgan fingerprint density at radius 1 is 1.28 bits per heavy atom. The van der Waals surface area contributed by atoms with Crippen LogP contribution in [0.2, 0.25) is 0 Å². The van der Waals surface area contributed by atoms with Gasteiger partial charge in [-0.2, -0.15) is 5.10 Å². The van der Waals surface area contributed by atoms with Crippen LogP contribution >= 0.6 is 0 Å². The highest BCUT2D eigenvalue weighted by molar-refractivity contribution is 5.83. The minimum Gasteiger partial charge on any atom is -0.299 e. The summed E-state index contributed by atoms with van der Waals surface area (Å²) in [6.45, 7) is 4.10. The smallest absolute Gasteiger partial charge is 0.141 e. The molecule has 0 saturated carbocycles. The third-order valence-corrected chi connectivity index (χ3v) is 3.05. The molecule has 0 radical (unpaired) electrons. The summed E-state index contributed by atoms with van der Waals surface area (Å²) in [7, 11) is 1.86. The molecule has 0 bridgehead atoms. The maximum atomic E-state index is 12.0. The first-order chi connectivity index (χ1) is 8.54. The molecule has 0 saturated heterocycles. The predicted octanol–water partition coefficient (Wildman–Crippen LogP) is 2.39. The molecule has 1 aromatic heterocycles. The third-order valence-electron chi connectivity index (χ3n) is 3.05. The number of hydrogen-bond acceptors (Lipinski definition) is 2. The summed E-state index contributed by atoms with van der Waals surface area (Å²) in [5.74, 6) is 0.233. The number of nitrogens with zero attached hydrogens (tertiary/aromatic N) is 2. The fourth-order valence-electron chi connectivity index (χ4n) is 2.06. The van der Waals surface area contributed by atoms with Crippen molar-refractivity contribution in [1.29, 1.82) is 0 Å². The molecule has 0 fully saturated rings. The van der Waals surface area contributed by atoms with Crippen molar-refractivity contribution in [3.05, 3.63) is 52.8 Å². The maximum absolute atomic E-state index is 12.0. The zero-order valence-corrected chi connectivity index (χ0v) is 11.1. The number of hydrogen-bond donors (Lipinski definition) is 0. The highest BCUT2D eigenvalue weighted by Crippen LogP contribution is 2.12. The van der Waals surface area contributed by atoms with E-state index in [2.05, 4.69) is 30.2 Å². The lowest BCUT2D eigenvalue weighted by atomic mass is 9.99. The van der Waals surface area contributed by atoms with Crippen LogP contribution < -0.4 is 0 Å². The molecule has 0 aliphatic carbocycles. The largest absolute Gasteiger partial charge is 0.299 e. The van der Waals surface area contributed by atoms with Crippen molar-refractivity contribution in [2.24, 2.45) is 7.05 Å². The first-order valence-corrected chi connectivity index (χ1v) is 6.10. The van der Waals surface area contributed by atoms with E-state index in [-0.39, 0.29) is 5.78 Å². The van der Waals surface area contributed by atoms with Crippen LogP contribution in [0.25, 0.3) is 0 Å². The van der Waals surface area contributed by atoms with E-state index in [0.717, 1.165) is 11.1 Å². The summed E-state index contributed by atoms with van der Waals surface area (Å²) in [6.07, 6.45) is 4.60. The number of benzene rings is 1. The number of aromatic nitrogens is 2. The van der Waals surface area contributed by atoms with Gasteiger partial charge in [0.2, 0.25) is 0 Å². The summed E-state index contributed by atoms with van der Waals surface area (Å²) in [5.41, 5.74) is 4.49. The minimum absolute atomic E-state index is 0.233. The molecule has 0 unspecified atom stereocenters. The van der Waals surface area contributed by atoms with Crippen molar-refractivity contribution in [2.75, 3.05) is 0 Å². The average molecular weight is 242 g/mol. The molecule has 0 aliphatic heterocycles. The van der Waals surface area contributed by atoms with Crippen molar-refractivity contribution in [3.63, 3.8) is 0 Å². The quantitative estimate of drug-likeness (QED) is 0.825. The number of rotatable bonds is 4. The van der Waals surface area contributed by atoms with Gasteiger partial charge < -0.3 is 0 Å². The van der Waals surface area contributed by atoms with E-state index in [1.807, 2.05) is 20.2 Å². The number of carbonyl (C=O) groups is 1.